The molecule has 2 rings (SSSR count). The van der Waals surface area contributed by atoms with Crippen LogP contribution in [0.5, 0.6) is 0 Å². The number of nitrogens with one attached hydrogen (secondary N) is 1. The predicted octanol–water partition coefficient (Wildman–Crippen LogP) is 4.04. The minimum absolute atomic E-state index is 0.0607. The van der Waals surface area contributed by atoms with Gasteiger partial charge < -0.3 is 5.73 Å². The Morgan fingerprint density at radius 1 is 1.00 bits per heavy atom. The van der Waals surface area contributed by atoms with Crippen molar-refractivity contribution in [2.24, 2.45) is 0 Å². The normalized spacial score (nSPS) is 10.6. The second kappa shape index (κ2) is 9.97. The number of rotatable bonds is 6. The number of nitrogen functional groups attached to an aromatic ring is 1. The van der Waals surface area contributed by atoms with E-state index in [4.69, 9.17) is 5.73 Å². The number of carbonyl (C=O) groups excluding carboxylic acids is 1. The van der Waals surface area contributed by atoms with Crippen molar-refractivity contribution in [3.8, 4) is 0 Å². The van der Waals surface area contributed by atoms with Crippen molar-refractivity contribution >= 4 is 27.2 Å². The molecule has 6 heteroatoms. The number of aryl methyl sites for hydroxylation is 2. The summed E-state index contributed by atoms with van der Waals surface area (Å²) in [6.45, 7) is 5.82. The molecule has 0 spiro atoms. The number of sulfonamides is 1. The van der Waals surface area contributed by atoms with Crippen LogP contribution in [-0.2, 0) is 22.9 Å². The van der Waals surface area contributed by atoms with Gasteiger partial charge in [0.05, 0.1) is 11.9 Å². The van der Waals surface area contributed by atoms with E-state index in [0.717, 1.165) is 23.9 Å². The molecule has 2 aromatic carbocycles. The molecular formula is C20H28N2O3S. The van der Waals surface area contributed by atoms with E-state index in [0.29, 0.717) is 24.1 Å². The first-order chi connectivity index (χ1) is 12.2. The predicted molar refractivity (Wildman–Crippen MR) is 109 cm³/mol. The maximum Gasteiger partial charge on any atom is 0.229 e. The average Bonchev–Trinajstić information content (AvgIpc) is 2.61. The second-order valence-corrected chi connectivity index (χ2v) is 7.68. The number of anilines is 2. The zero-order valence-corrected chi connectivity index (χ0v) is 16.7. The van der Waals surface area contributed by atoms with Gasteiger partial charge in [0.2, 0.25) is 10.0 Å². The van der Waals surface area contributed by atoms with E-state index in [1.807, 2.05) is 25.1 Å². The third-order valence-electron chi connectivity index (χ3n) is 3.86. The minimum Gasteiger partial charge on any atom is -0.399 e. The molecule has 0 saturated heterocycles. The lowest BCUT2D eigenvalue weighted by Crippen LogP contribution is -2.11. The summed E-state index contributed by atoms with van der Waals surface area (Å²) in [5.41, 5.74) is 9.77. The summed E-state index contributed by atoms with van der Waals surface area (Å²) < 4.78 is 24.8. The number of carbonyl (C=O) groups is 1. The first-order valence-electron chi connectivity index (χ1n) is 8.69. The molecule has 0 amide bonds. The van der Waals surface area contributed by atoms with Gasteiger partial charge >= 0.3 is 0 Å². The smallest absolute Gasteiger partial charge is 0.229 e. The van der Waals surface area contributed by atoms with Crippen molar-refractivity contribution in [1.82, 2.24) is 0 Å². The highest BCUT2D eigenvalue weighted by Crippen LogP contribution is 2.20. The SMILES string of the molecule is CCC(=O)c1ccc(NS(C)(=O)=O)c(CC)c1.CCc1ccccc1N. The molecule has 26 heavy (non-hydrogen) atoms. The molecular weight excluding hydrogens is 348 g/mol. The molecule has 0 saturated carbocycles. The van der Waals surface area contributed by atoms with E-state index < -0.39 is 10.0 Å². The van der Waals surface area contributed by atoms with E-state index in [-0.39, 0.29) is 5.78 Å². The van der Waals surface area contributed by atoms with Crippen molar-refractivity contribution in [3.05, 3.63) is 59.2 Å². The van der Waals surface area contributed by atoms with Gasteiger partial charge in [-0.05, 0) is 48.2 Å². The molecule has 142 valence electrons. The summed E-state index contributed by atoms with van der Waals surface area (Å²) >= 11 is 0. The van der Waals surface area contributed by atoms with Gasteiger partial charge in [0.15, 0.2) is 5.78 Å². The fourth-order valence-corrected chi connectivity index (χ4v) is 3.02. The van der Waals surface area contributed by atoms with Gasteiger partial charge in [-0.2, -0.15) is 0 Å². The Bertz CT molecular complexity index is 846. The van der Waals surface area contributed by atoms with Gasteiger partial charge in [-0.3, -0.25) is 9.52 Å². The lowest BCUT2D eigenvalue weighted by atomic mass is 10.0. The van der Waals surface area contributed by atoms with E-state index in [2.05, 4.69) is 17.7 Å². The van der Waals surface area contributed by atoms with Gasteiger partial charge in [-0.25, -0.2) is 8.42 Å². The largest absolute Gasteiger partial charge is 0.399 e. The Balaban J connectivity index is 0.000000314. The zero-order valence-electron chi connectivity index (χ0n) is 15.9. The van der Waals surface area contributed by atoms with Crippen LogP contribution in [0.1, 0.15) is 48.7 Å². The van der Waals surface area contributed by atoms with E-state index in [9.17, 15) is 13.2 Å². The molecule has 0 atom stereocenters. The average molecular weight is 377 g/mol. The number of para-hydroxylation sites is 1. The molecule has 0 bridgehead atoms. The molecule has 0 aliphatic rings. The Morgan fingerprint density at radius 2 is 1.62 bits per heavy atom. The lowest BCUT2D eigenvalue weighted by molar-refractivity contribution is 0.0988. The summed E-state index contributed by atoms with van der Waals surface area (Å²) in [5.74, 6) is 0.0607. The van der Waals surface area contributed by atoms with Crippen molar-refractivity contribution in [2.75, 3.05) is 16.7 Å². The summed E-state index contributed by atoms with van der Waals surface area (Å²) in [7, 11) is -3.28. The Hall–Kier alpha value is -2.34. The summed E-state index contributed by atoms with van der Waals surface area (Å²) in [4.78, 5) is 11.5. The van der Waals surface area contributed by atoms with Crippen LogP contribution >= 0.6 is 0 Å². The maximum absolute atomic E-state index is 11.5. The molecule has 0 aliphatic heterocycles. The molecule has 0 heterocycles. The van der Waals surface area contributed by atoms with Gasteiger partial charge in [-0.1, -0.05) is 39.0 Å². The first kappa shape index (κ1) is 21.7. The van der Waals surface area contributed by atoms with Crippen LogP contribution in [0, 0.1) is 0 Å². The topological polar surface area (TPSA) is 89.3 Å². The summed E-state index contributed by atoms with van der Waals surface area (Å²) in [5, 5.41) is 0. The second-order valence-electron chi connectivity index (χ2n) is 5.93. The van der Waals surface area contributed by atoms with Crippen molar-refractivity contribution in [3.63, 3.8) is 0 Å². The quantitative estimate of drug-likeness (QED) is 0.588. The highest BCUT2D eigenvalue weighted by atomic mass is 32.2. The standard InChI is InChI=1S/C12H17NO3S.C8H11N/c1-4-9-8-10(12(14)5-2)6-7-11(9)13-17(3,15)16;1-2-7-5-3-4-6-8(7)9/h6-8,13H,4-5H2,1-3H3;3-6H,2,9H2,1H3. The monoisotopic (exact) mass is 376 g/mol. The molecule has 0 radical (unpaired) electrons. The first-order valence-corrected chi connectivity index (χ1v) is 10.6. The van der Waals surface area contributed by atoms with Crippen molar-refractivity contribution in [2.45, 2.75) is 40.0 Å². The third-order valence-corrected chi connectivity index (χ3v) is 4.45. The highest BCUT2D eigenvalue weighted by molar-refractivity contribution is 7.92. The molecule has 2 aromatic rings. The highest BCUT2D eigenvalue weighted by Gasteiger charge is 2.10. The number of nitrogens with two attached hydrogens (primary N) is 1. The summed E-state index contributed by atoms with van der Waals surface area (Å²) in [6, 6.07) is 13.0. The molecule has 0 unspecified atom stereocenters. The maximum atomic E-state index is 11.5. The number of Topliss-reactive ketones (excluding diaryl/α,β-unsaturated/α-hetero) is 1. The number of hydrogen-bond acceptors (Lipinski definition) is 4. The zero-order chi connectivity index (χ0) is 19.7. The van der Waals surface area contributed by atoms with Crippen LogP contribution in [0.2, 0.25) is 0 Å². The number of ketones is 1. The van der Waals surface area contributed by atoms with Crippen LogP contribution in [-0.4, -0.2) is 20.5 Å². The van der Waals surface area contributed by atoms with Crippen LogP contribution in [0.15, 0.2) is 42.5 Å². The fraction of sp³-hybridized carbons (Fsp3) is 0.350. The molecule has 0 aliphatic carbocycles. The fourth-order valence-electron chi connectivity index (χ4n) is 2.42. The number of benzene rings is 2. The van der Waals surface area contributed by atoms with Crippen LogP contribution in [0.4, 0.5) is 11.4 Å². The van der Waals surface area contributed by atoms with Gasteiger partial charge in [0.1, 0.15) is 0 Å². The van der Waals surface area contributed by atoms with Crippen LogP contribution in [0.3, 0.4) is 0 Å². The van der Waals surface area contributed by atoms with Gasteiger partial charge in [0.25, 0.3) is 0 Å². The number of hydrogen-bond donors (Lipinski definition) is 2. The van der Waals surface area contributed by atoms with E-state index in [1.54, 1.807) is 25.1 Å². The van der Waals surface area contributed by atoms with Crippen LogP contribution < -0.4 is 10.5 Å². The Labute approximate surface area is 156 Å². The molecule has 3 N–H and O–H groups in total. The van der Waals surface area contributed by atoms with Crippen molar-refractivity contribution in [1.29, 1.82) is 0 Å². The van der Waals surface area contributed by atoms with Gasteiger partial charge in [0, 0.05) is 17.7 Å². The third kappa shape index (κ3) is 6.88. The minimum atomic E-state index is -3.28. The Kier molecular flexibility index (Phi) is 8.32. The molecule has 5 nitrogen and oxygen atoms in total. The van der Waals surface area contributed by atoms with E-state index in [1.165, 1.54) is 5.56 Å². The summed E-state index contributed by atoms with van der Waals surface area (Å²) in [6.07, 6.45) is 3.24. The van der Waals surface area contributed by atoms with Crippen LogP contribution in [0.25, 0.3) is 0 Å². The lowest BCUT2D eigenvalue weighted by Gasteiger charge is -2.10. The van der Waals surface area contributed by atoms with E-state index >= 15 is 0 Å². The van der Waals surface area contributed by atoms with Crippen molar-refractivity contribution < 1.29 is 13.2 Å². The molecule has 0 aromatic heterocycles. The Morgan fingerprint density at radius 3 is 2.08 bits per heavy atom. The molecule has 0 fully saturated rings. The van der Waals surface area contributed by atoms with Gasteiger partial charge in [-0.15, -0.1) is 0 Å².